The number of nitrogens with zero attached hydrogens (tertiary/aromatic N) is 3. The monoisotopic (exact) mass is 323 g/mol. The highest BCUT2D eigenvalue weighted by Crippen LogP contribution is 2.41. The van der Waals surface area contributed by atoms with Crippen molar-refractivity contribution in [2.24, 2.45) is 0 Å². The Kier molecular flexibility index (Phi) is 5.52. The molecule has 1 saturated heterocycles. The van der Waals surface area contributed by atoms with Crippen LogP contribution in [0.2, 0.25) is 5.02 Å². The molecular formula is C16H22ClN3O2. The Morgan fingerprint density at radius 1 is 1.32 bits per heavy atom. The number of nitriles is 1. The minimum absolute atomic E-state index is 0.386. The van der Waals surface area contributed by atoms with Gasteiger partial charge in [-0.1, -0.05) is 17.7 Å². The zero-order valence-corrected chi connectivity index (χ0v) is 14.2. The minimum Gasteiger partial charge on any atom is -0.493 e. The zero-order valence-electron chi connectivity index (χ0n) is 13.5. The average Bonchev–Trinajstić information content (AvgIpc) is 2.52. The molecule has 120 valence electrons. The SMILES string of the molecule is COc1ccc(C(C#N)N2CCN(C)C(C)C2)c(Cl)c1OC. The lowest BCUT2D eigenvalue weighted by molar-refractivity contribution is 0.0880. The molecule has 1 heterocycles. The summed E-state index contributed by atoms with van der Waals surface area (Å²) < 4.78 is 10.6. The van der Waals surface area contributed by atoms with Crippen LogP contribution in [0, 0.1) is 11.3 Å². The molecule has 0 bridgehead atoms. The molecule has 1 aliphatic heterocycles. The lowest BCUT2D eigenvalue weighted by Gasteiger charge is -2.40. The summed E-state index contributed by atoms with van der Waals surface area (Å²) in [6.45, 7) is 4.77. The third-order valence-electron chi connectivity index (χ3n) is 4.29. The third-order valence-corrected chi connectivity index (χ3v) is 4.68. The van der Waals surface area contributed by atoms with Crippen LogP contribution < -0.4 is 9.47 Å². The molecule has 0 N–H and O–H groups in total. The molecule has 1 aliphatic rings. The molecule has 2 unspecified atom stereocenters. The van der Waals surface area contributed by atoms with Crippen LogP contribution in [0.5, 0.6) is 11.5 Å². The average molecular weight is 324 g/mol. The molecule has 1 aromatic carbocycles. The van der Waals surface area contributed by atoms with Gasteiger partial charge in [-0.25, -0.2) is 0 Å². The summed E-state index contributed by atoms with van der Waals surface area (Å²) in [5.41, 5.74) is 0.763. The van der Waals surface area contributed by atoms with E-state index in [4.69, 9.17) is 21.1 Å². The molecular weight excluding hydrogens is 302 g/mol. The molecule has 0 radical (unpaired) electrons. The molecule has 2 rings (SSSR count). The summed E-state index contributed by atoms with van der Waals surface area (Å²) in [5, 5.41) is 10.1. The van der Waals surface area contributed by atoms with E-state index in [1.165, 1.54) is 0 Å². The second-order valence-corrected chi connectivity index (χ2v) is 5.94. The van der Waals surface area contributed by atoms with Gasteiger partial charge in [0.1, 0.15) is 6.04 Å². The van der Waals surface area contributed by atoms with Gasteiger partial charge in [0.2, 0.25) is 0 Å². The molecule has 6 heteroatoms. The number of halogens is 1. The number of benzene rings is 1. The third kappa shape index (κ3) is 3.14. The van der Waals surface area contributed by atoms with Gasteiger partial charge in [0.05, 0.1) is 25.3 Å². The number of methoxy groups -OCH3 is 2. The van der Waals surface area contributed by atoms with Crippen LogP contribution >= 0.6 is 11.6 Å². The van der Waals surface area contributed by atoms with Crippen LogP contribution in [0.25, 0.3) is 0 Å². The predicted octanol–water partition coefficient (Wildman–Crippen LogP) is 2.56. The Balaban J connectivity index is 2.34. The van der Waals surface area contributed by atoms with E-state index in [-0.39, 0.29) is 6.04 Å². The van der Waals surface area contributed by atoms with Gasteiger partial charge < -0.3 is 14.4 Å². The van der Waals surface area contributed by atoms with Gasteiger partial charge in [-0.05, 0) is 20.0 Å². The van der Waals surface area contributed by atoms with E-state index in [2.05, 4.69) is 29.8 Å². The van der Waals surface area contributed by atoms with E-state index in [1.807, 2.05) is 6.07 Å². The molecule has 22 heavy (non-hydrogen) atoms. The first-order valence-electron chi connectivity index (χ1n) is 7.27. The van der Waals surface area contributed by atoms with Crippen LogP contribution in [0.4, 0.5) is 0 Å². The minimum atomic E-state index is -0.386. The highest BCUT2D eigenvalue weighted by Gasteiger charge is 2.30. The number of rotatable bonds is 4. The van der Waals surface area contributed by atoms with Crippen LogP contribution in [-0.2, 0) is 0 Å². The number of ether oxygens (including phenoxy) is 2. The van der Waals surface area contributed by atoms with Gasteiger partial charge in [-0.15, -0.1) is 0 Å². The first-order valence-corrected chi connectivity index (χ1v) is 7.65. The molecule has 0 aliphatic carbocycles. The first kappa shape index (κ1) is 16.9. The van der Waals surface area contributed by atoms with Gasteiger partial charge in [0.25, 0.3) is 0 Å². The quantitative estimate of drug-likeness (QED) is 0.852. The summed E-state index contributed by atoms with van der Waals surface area (Å²) in [7, 11) is 5.22. The second kappa shape index (κ2) is 7.19. The molecule has 1 aromatic rings. The maximum absolute atomic E-state index is 9.66. The summed E-state index contributed by atoms with van der Waals surface area (Å²) >= 11 is 6.46. The highest BCUT2D eigenvalue weighted by atomic mass is 35.5. The molecule has 1 fully saturated rings. The molecule has 5 nitrogen and oxygen atoms in total. The van der Waals surface area contributed by atoms with Crippen LogP contribution in [0.1, 0.15) is 18.5 Å². The summed E-state index contributed by atoms with van der Waals surface area (Å²) in [6, 6.07) is 6.04. The largest absolute Gasteiger partial charge is 0.493 e. The molecule has 0 amide bonds. The van der Waals surface area contributed by atoms with E-state index < -0.39 is 0 Å². The van der Waals surface area contributed by atoms with E-state index in [1.54, 1.807) is 20.3 Å². The fourth-order valence-corrected chi connectivity index (χ4v) is 3.11. The number of hydrogen-bond donors (Lipinski definition) is 0. The highest BCUT2D eigenvalue weighted by molar-refractivity contribution is 6.33. The van der Waals surface area contributed by atoms with Gasteiger partial charge in [-0.2, -0.15) is 5.26 Å². The topological polar surface area (TPSA) is 48.7 Å². The van der Waals surface area contributed by atoms with Gasteiger partial charge in [0.15, 0.2) is 11.5 Å². The number of likely N-dealkylation sites (N-methyl/N-ethyl adjacent to an activating group) is 1. The number of piperazine rings is 1. The van der Waals surface area contributed by atoms with Crippen LogP contribution in [-0.4, -0.2) is 56.7 Å². The summed E-state index contributed by atoms with van der Waals surface area (Å²) in [5.74, 6) is 1.05. The van der Waals surface area contributed by atoms with Crippen LogP contribution in [0.3, 0.4) is 0 Å². The number of hydrogen-bond acceptors (Lipinski definition) is 5. The van der Waals surface area contributed by atoms with Crippen molar-refractivity contribution in [1.29, 1.82) is 5.26 Å². The molecule has 0 spiro atoms. The summed E-state index contributed by atoms with van der Waals surface area (Å²) in [4.78, 5) is 4.46. The van der Waals surface area contributed by atoms with E-state index >= 15 is 0 Å². The maximum atomic E-state index is 9.66. The van der Waals surface area contributed by atoms with Crippen molar-refractivity contribution in [1.82, 2.24) is 9.80 Å². The zero-order chi connectivity index (χ0) is 16.3. The Morgan fingerprint density at radius 2 is 2.05 bits per heavy atom. The van der Waals surface area contributed by atoms with Crippen molar-refractivity contribution < 1.29 is 9.47 Å². The molecule has 2 atom stereocenters. The van der Waals surface area contributed by atoms with Crippen molar-refractivity contribution in [2.75, 3.05) is 40.9 Å². The van der Waals surface area contributed by atoms with Crippen molar-refractivity contribution >= 4 is 11.6 Å². The fourth-order valence-electron chi connectivity index (χ4n) is 2.77. The standard InChI is InChI=1S/C16H22ClN3O2/c1-11-10-20(8-7-19(11)2)13(9-18)12-5-6-14(21-3)16(22-4)15(12)17/h5-6,11,13H,7-8,10H2,1-4H3. The Labute approximate surface area is 137 Å². The van der Waals surface area contributed by atoms with Gasteiger partial charge in [0, 0.05) is 31.2 Å². The van der Waals surface area contributed by atoms with Crippen molar-refractivity contribution in [3.8, 4) is 17.6 Å². The maximum Gasteiger partial charge on any atom is 0.179 e. The Hall–Kier alpha value is -1.48. The Morgan fingerprint density at radius 3 is 2.59 bits per heavy atom. The normalized spacial score (nSPS) is 21.2. The lowest BCUT2D eigenvalue weighted by atomic mass is 10.0. The first-order chi connectivity index (χ1) is 10.5. The lowest BCUT2D eigenvalue weighted by Crippen LogP contribution is -2.50. The van der Waals surface area contributed by atoms with E-state index in [0.717, 1.165) is 25.2 Å². The predicted molar refractivity (Wildman–Crippen MR) is 86.6 cm³/mol. The fraction of sp³-hybridized carbons (Fsp3) is 0.562. The van der Waals surface area contributed by atoms with Crippen LogP contribution in [0.15, 0.2) is 12.1 Å². The summed E-state index contributed by atoms with van der Waals surface area (Å²) in [6.07, 6.45) is 0. The van der Waals surface area contributed by atoms with Crippen molar-refractivity contribution in [2.45, 2.75) is 19.0 Å². The smallest absolute Gasteiger partial charge is 0.179 e. The Bertz CT molecular complexity index is 573. The molecule has 0 aromatic heterocycles. The van der Waals surface area contributed by atoms with E-state index in [0.29, 0.717) is 22.6 Å². The van der Waals surface area contributed by atoms with Gasteiger partial charge >= 0.3 is 0 Å². The van der Waals surface area contributed by atoms with Crippen molar-refractivity contribution in [3.63, 3.8) is 0 Å². The molecule has 0 saturated carbocycles. The van der Waals surface area contributed by atoms with E-state index in [9.17, 15) is 5.26 Å². The van der Waals surface area contributed by atoms with Gasteiger partial charge in [-0.3, -0.25) is 4.90 Å². The van der Waals surface area contributed by atoms with Crippen molar-refractivity contribution in [3.05, 3.63) is 22.7 Å². The second-order valence-electron chi connectivity index (χ2n) is 5.56.